The third-order valence-electron chi connectivity index (χ3n) is 6.41. The van der Waals surface area contributed by atoms with E-state index in [1.54, 1.807) is 31.6 Å². The van der Waals surface area contributed by atoms with Gasteiger partial charge in [0.05, 0.1) is 37.4 Å². The van der Waals surface area contributed by atoms with Crippen LogP contribution >= 0.6 is 0 Å². The Hall–Kier alpha value is -3.61. The van der Waals surface area contributed by atoms with Crippen molar-refractivity contribution in [3.05, 3.63) is 89.4 Å². The molecule has 1 aliphatic heterocycles. The molecule has 0 unspecified atom stereocenters. The number of carbonyl (C=O) groups is 1. The molecule has 5 rings (SSSR count). The van der Waals surface area contributed by atoms with Crippen LogP contribution in [0.1, 0.15) is 27.0 Å². The Balaban J connectivity index is 0.00000336. The van der Waals surface area contributed by atoms with E-state index < -0.39 is 5.97 Å². The van der Waals surface area contributed by atoms with Crippen LogP contribution in [0.3, 0.4) is 0 Å². The maximum absolute atomic E-state index is 11.2. The first-order valence-electron chi connectivity index (χ1n) is 11.9. The van der Waals surface area contributed by atoms with Crippen molar-refractivity contribution in [3.63, 3.8) is 0 Å². The summed E-state index contributed by atoms with van der Waals surface area (Å²) < 4.78 is 16.8. The SMILES string of the molecule is Cc1cc(C(=O)[O-])ccc1COc1nc(-c2ccc(N3CCOCC3)cc2)cc(-c2ccoc2)c1C#N.[Na+]. The summed E-state index contributed by atoms with van der Waals surface area (Å²) in [6, 6.07) is 18.7. The van der Waals surface area contributed by atoms with Crippen LogP contribution in [0.25, 0.3) is 22.4 Å². The number of ether oxygens (including phenoxy) is 2. The standard InChI is InChI=1S/C29H25N3O5.Na/c1-19-14-21(29(33)34)2-3-22(19)18-37-28-26(16-30)25(23-8-11-36-17-23)15-27(31-28)20-4-6-24(7-5-20)32-9-12-35-13-10-32;/h2-8,11,14-15,17H,9-10,12-13,18H2,1H3,(H,33,34);/q;+1/p-1. The van der Waals surface area contributed by atoms with Crippen LogP contribution in [0.5, 0.6) is 5.88 Å². The molecule has 0 spiro atoms. The van der Waals surface area contributed by atoms with E-state index in [1.807, 2.05) is 18.2 Å². The second-order valence-electron chi connectivity index (χ2n) is 8.72. The number of aryl methyl sites for hydroxylation is 1. The molecule has 0 bridgehead atoms. The second kappa shape index (κ2) is 12.3. The molecule has 0 N–H and O–H groups in total. The molecular formula is C29H24N3NaO5. The first-order chi connectivity index (χ1) is 18.0. The van der Waals surface area contributed by atoms with E-state index in [9.17, 15) is 15.2 Å². The van der Waals surface area contributed by atoms with E-state index in [1.165, 1.54) is 12.1 Å². The van der Waals surface area contributed by atoms with E-state index in [-0.39, 0.29) is 47.6 Å². The number of aromatic carboxylic acids is 1. The Morgan fingerprint density at radius 1 is 1.11 bits per heavy atom. The van der Waals surface area contributed by atoms with Gasteiger partial charge in [0.1, 0.15) is 18.2 Å². The average molecular weight is 518 g/mol. The van der Waals surface area contributed by atoms with E-state index in [2.05, 4.69) is 23.1 Å². The number of rotatable bonds is 7. The van der Waals surface area contributed by atoms with Crippen molar-refractivity contribution in [1.29, 1.82) is 5.26 Å². The largest absolute Gasteiger partial charge is 1.00 e. The normalized spacial score (nSPS) is 12.9. The molecule has 38 heavy (non-hydrogen) atoms. The molecule has 2 aromatic carbocycles. The number of carboxylic acids is 1. The molecule has 186 valence electrons. The Morgan fingerprint density at radius 2 is 1.87 bits per heavy atom. The van der Waals surface area contributed by atoms with Gasteiger partial charge in [-0.15, -0.1) is 0 Å². The van der Waals surface area contributed by atoms with Crippen molar-refractivity contribution in [3.8, 4) is 34.3 Å². The van der Waals surface area contributed by atoms with Crippen molar-refractivity contribution in [2.75, 3.05) is 31.2 Å². The summed E-state index contributed by atoms with van der Waals surface area (Å²) in [7, 11) is 0. The third kappa shape index (κ3) is 5.93. The third-order valence-corrected chi connectivity index (χ3v) is 6.41. The number of nitrogens with zero attached hydrogens (tertiary/aromatic N) is 3. The molecule has 0 saturated carbocycles. The fourth-order valence-electron chi connectivity index (χ4n) is 4.32. The van der Waals surface area contributed by atoms with Crippen LogP contribution in [-0.4, -0.2) is 37.3 Å². The number of carbonyl (C=O) groups excluding carboxylic acids is 1. The zero-order valence-electron chi connectivity index (χ0n) is 21.3. The molecule has 2 aromatic heterocycles. The van der Waals surface area contributed by atoms with Crippen LogP contribution in [-0.2, 0) is 11.3 Å². The number of aromatic nitrogens is 1. The van der Waals surface area contributed by atoms with Crippen molar-refractivity contribution in [1.82, 2.24) is 4.98 Å². The zero-order chi connectivity index (χ0) is 25.8. The summed E-state index contributed by atoms with van der Waals surface area (Å²) in [4.78, 5) is 18.1. The van der Waals surface area contributed by atoms with Crippen LogP contribution in [0.2, 0.25) is 0 Å². The Bertz CT molecular complexity index is 1460. The molecule has 4 aromatic rings. The molecule has 1 saturated heterocycles. The number of benzene rings is 2. The summed E-state index contributed by atoms with van der Waals surface area (Å²) in [5.41, 5.74) is 5.95. The maximum Gasteiger partial charge on any atom is 1.00 e. The number of morpholine rings is 1. The van der Waals surface area contributed by atoms with Crippen molar-refractivity contribution >= 4 is 11.7 Å². The number of carboxylic acid groups (broad SMARTS) is 1. The van der Waals surface area contributed by atoms with Gasteiger partial charge in [-0.1, -0.05) is 24.3 Å². The monoisotopic (exact) mass is 517 g/mol. The van der Waals surface area contributed by atoms with Gasteiger partial charge in [0.15, 0.2) is 0 Å². The van der Waals surface area contributed by atoms with Crippen molar-refractivity contribution < 1.29 is 53.3 Å². The molecule has 0 amide bonds. The quantitative estimate of drug-likeness (QED) is 0.334. The first kappa shape index (κ1) is 27.4. The predicted octanol–water partition coefficient (Wildman–Crippen LogP) is 0.972. The molecule has 0 atom stereocenters. The molecule has 0 radical (unpaired) electrons. The molecule has 1 aliphatic rings. The van der Waals surface area contributed by atoms with Crippen LogP contribution in [0.15, 0.2) is 71.5 Å². The number of hydrogen-bond acceptors (Lipinski definition) is 8. The van der Waals surface area contributed by atoms with Gasteiger partial charge in [0, 0.05) is 35.5 Å². The minimum absolute atomic E-state index is 0. The molecule has 3 heterocycles. The minimum Gasteiger partial charge on any atom is -0.545 e. The fourth-order valence-corrected chi connectivity index (χ4v) is 4.32. The minimum atomic E-state index is -1.24. The number of furan rings is 1. The van der Waals surface area contributed by atoms with Gasteiger partial charge in [-0.25, -0.2) is 4.98 Å². The number of pyridine rings is 1. The van der Waals surface area contributed by atoms with E-state index >= 15 is 0 Å². The van der Waals surface area contributed by atoms with Crippen LogP contribution < -0.4 is 44.3 Å². The second-order valence-corrected chi connectivity index (χ2v) is 8.72. The van der Waals surface area contributed by atoms with Gasteiger partial charge in [0.2, 0.25) is 5.88 Å². The van der Waals surface area contributed by atoms with Gasteiger partial charge in [-0.05, 0) is 53.9 Å². The molecular weight excluding hydrogens is 493 g/mol. The fraction of sp³-hybridized carbons (Fsp3) is 0.207. The number of hydrogen-bond donors (Lipinski definition) is 0. The van der Waals surface area contributed by atoms with E-state index in [0.717, 1.165) is 41.0 Å². The molecule has 0 aliphatic carbocycles. The summed E-state index contributed by atoms with van der Waals surface area (Å²) in [5, 5.41) is 21.2. The van der Waals surface area contributed by atoms with Gasteiger partial charge in [-0.3, -0.25) is 0 Å². The van der Waals surface area contributed by atoms with Crippen molar-refractivity contribution in [2.24, 2.45) is 0 Å². The predicted molar refractivity (Wildman–Crippen MR) is 135 cm³/mol. The molecule has 9 heteroatoms. The van der Waals surface area contributed by atoms with Gasteiger partial charge in [-0.2, -0.15) is 5.26 Å². The number of nitriles is 1. The summed E-state index contributed by atoms with van der Waals surface area (Å²) >= 11 is 0. The van der Waals surface area contributed by atoms with E-state index in [0.29, 0.717) is 30.0 Å². The molecule has 1 fully saturated rings. The van der Waals surface area contributed by atoms with Gasteiger partial charge < -0.3 is 28.7 Å². The van der Waals surface area contributed by atoms with Crippen LogP contribution in [0.4, 0.5) is 5.69 Å². The van der Waals surface area contributed by atoms with E-state index in [4.69, 9.17) is 18.9 Å². The van der Waals surface area contributed by atoms with Gasteiger partial charge >= 0.3 is 29.6 Å². The Morgan fingerprint density at radius 3 is 2.50 bits per heavy atom. The molecule has 8 nitrogen and oxygen atoms in total. The maximum atomic E-state index is 11.2. The Kier molecular flexibility index (Phi) is 8.87. The smallest absolute Gasteiger partial charge is 0.545 e. The van der Waals surface area contributed by atoms with Gasteiger partial charge in [0.25, 0.3) is 0 Å². The summed E-state index contributed by atoms with van der Waals surface area (Å²) in [5.74, 6) is -1.04. The average Bonchev–Trinajstić information content (AvgIpc) is 3.47. The van der Waals surface area contributed by atoms with Crippen molar-refractivity contribution in [2.45, 2.75) is 13.5 Å². The number of anilines is 1. The zero-order valence-corrected chi connectivity index (χ0v) is 23.3. The summed E-state index contributed by atoms with van der Waals surface area (Å²) in [6.07, 6.45) is 3.13. The topological polar surface area (TPSA) is 112 Å². The Labute approximate surface area is 242 Å². The van der Waals surface area contributed by atoms with Crippen LogP contribution in [0, 0.1) is 18.3 Å². The summed E-state index contributed by atoms with van der Waals surface area (Å²) in [6.45, 7) is 5.03. The first-order valence-corrected chi connectivity index (χ1v) is 11.9.